The molecule has 1 nitrogen and oxygen atoms in total. The number of nitrogens with two attached hydrogens (primary N) is 1. The van der Waals surface area contributed by atoms with Gasteiger partial charge in [-0.25, -0.2) is 13.2 Å². The molecule has 1 rings (SSSR count). The first-order valence-corrected chi connectivity index (χ1v) is 4.83. The van der Waals surface area contributed by atoms with Crippen LogP contribution in [0.2, 0.25) is 0 Å². The zero-order valence-corrected chi connectivity index (χ0v) is 8.56. The first-order valence-electron chi connectivity index (χ1n) is 4.83. The van der Waals surface area contributed by atoms with Crippen LogP contribution >= 0.6 is 0 Å². The minimum absolute atomic E-state index is 0.119. The Bertz CT molecular complexity index is 335. The first kappa shape index (κ1) is 12.0. The van der Waals surface area contributed by atoms with Crippen molar-refractivity contribution < 1.29 is 13.2 Å². The van der Waals surface area contributed by atoms with Crippen molar-refractivity contribution in [2.24, 2.45) is 5.73 Å². The predicted molar refractivity (Wildman–Crippen MR) is 53.2 cm³/mol. The summed E-state index contributed by atoms with van der Waals surface area (Å²) in [6.07, 6.45) is 0.0897. The van der Waals surface area contributed by atoms with Crippen LogP contribution in [0.4, 0.5) is 13.2 Å². The average molecular weight is 217 g/mol. The highest BCUT2D eigenvalue weighted by Crippen LogP contribution is 2.22. The molecular weight excluding hydrogens is 203 g/mol. The summed E-state index contributed by atoms with van der Waals surface area (Å²) >= 11 is 0. The van der Waals surface area contributed by atoms with Crippen LogP contribution in [0.1, 0.15) is 18.9 Å². The molecule has 1 unspecified atom stereocenters. The molecule has 1 atom stereocenters. The fraction of sp³-hybridized carbons (Fsp3) is 0.455. The first-order chi connectivity index (χ1) is 7.00. The van der Waals surface area contributed by atoms with Crippen LogP contribution in [-0.4, -0.2) is 12.2 Å². The van der Waals surface area contributed by atoms with Crippen molar-refractivity contribution in [2.75, 3.05) is 6.54 Å². The van der Waals surface area contributed by atoms with Crippen LogP contribution in [0.3, 0.4) is 0 Å². The molecule has 0 fully saturated rings. The lowest BCUT2D eigenvalue weighted by molar-refractivity contribution is 0.165. The second kappa shape index (κ2) is 4.66. The number of benzene rings is 1. The van der Waals surface area contributed by atoms with Crippen molar-refractivity contribution in [3.63, 3.8) is 0 Å². The maximum absolute atomic E-state index is 13.8. The summed E-state index contributed by atoms with van der Waals surface area (Å²) in [6, 6.07) is 3.12. The lowest BCUT2D eigenvalue weighted by Gasteiger charge is -2.21. The molecule has 0 saturated heterocycles. The summed E-state index contributed by atoms with van der Waals surface area (Å²) in [5.74, 6) is -1.39. The van der Waals surface area contributed by atoms with Gasteiger partial charge in [-0.2, -0.15) is 0 Å². The number of alkyl halides is 1. The molecule has 0 heterocycles. The van der Waals surface area contributed by atoms with E-state index < -0.39 is 17.3 Å². The molecule has 15 heavy (non-hydrogen) atoms. The molecule has 2 N–H and O–H groups in total. The van der Waals surface area contributed by atoms with Crippen molar-refractivity contribution in [3.05, 3.63) is 35.4 Å². The third-order valence-corrected chi connectivity index (χ3v) is 2.52. The summed E-state index contributed by atoms with van der Waals surface area (Å²) in [5.41, 5.74) is 3.82. The summed E-state index contributed by atoms with van der Waals surface area (Å²) < 4.78 is 39.6. The van der Waals surface area contributed by atoms with E-state index in [9.17, 15) is 13.2 Å². The zero-order chi connectivity index (χ0) is 11.5. The standard InChI is InChI=1S/C11H14F3N/c1-2-11(14,7-15)6-8-3-4-9(12)5-10(8)13/h3-5H,2,6-7,15H2,1H3. The van der Waals surface area contributed by atoms with E-state index in [-0.39, 0.29) is 24.9 Å². The smallest absolute Gasteiger partial charge is 0.129 e. The molecule has 0 aliphatic carbocycles. The SMILES string of the molecule is CCC(F)(CN)Cc1ccc(F)cc1F. The maximum Gasteiger partial charge on any atom is 0.129 e. The second-order valence-corrected chi connectivity index (χ2v) is 3.62. The number of hydrogen-bond donors (Lipinski definition) is 1. The van der Waals surface area contributed by atoms with Gasteiger partial charge in [-0.1, -0.05) is 13.0 Å². The Balaban J connectivity index is 2.89. The Labute approximate surface area is 87.1 Å². The Morgan fingerprint density at radius 1 is 1.33 bits per heavy atom. The van der Waals surface area contributed by atoms with Gasteiger partial charge in [-0.05, 0) is 18.1 Å². The Morgan fingerprint density at radius 3 is 2.47 bits per heavy atom. The fourth-order valence-electron chi connectivity index (χ4n) is 1.35. The Morgan fingerprint density at radius 2 is 2.00 bits per heavy atom. The summed E-state index contributed by atoms with van der Waals surface area (Å²) in [5, 5.41) is 0. The molecule has 0 spiro atoms. The zero-order valence-electron chi connectivity index (χ0n) is 8.56. The van der Waals surface area contributed by atoms with E-state index in [2.05, 4.69) is 0 Å². The van der Waals surface area contributed by atoms with E-state index in [1.807, 2.05) is 0 Å². The summed E-state index contributed by atoms with van der Waals surface area (Å²) in [6.45, 7) is 1.48. The molecule has 0 aliphatic rings. The van der Waals surface area contributed by atoms with Crippen LogP contribution < -0.4 is 5.73 Å². The molecule has 0 amide bonds. The molecule has 0 aromatic heterocycles. The summed E-state index contributed by atoms with van der Waals surface area (Å²) in [7, 11) is 0. The van der Waals surface area contributed by atoms with E-state index >= 15 is 0 Å². The van der Waals surface area contributed by atoms with Gasteiger partial charge in [-0.3, -0.25) is 0 Å². The van der Waals surface area contributed by atoms with E-state index in [4.69, 9.17) is 5.73 Å². The Hall–Kier alpha value is -1.03. The number of rotatable bonds is 4. The van der Waals surface area contributed by atoms with Gasteiger partial charge in [-0.15, -0.1) is 0 Å². The third kappa shape index (κ3) is 2.96. The third-order valence-electron chi connectivity index (χ3n) is 2.52. The fourth-order valence-corrected chi connectivity index (χ4v) is 1.35. The van der Waals surface area contributed by atoms with Crippen molar-refractivity contribution in [1.82, 2.24) is 0 Å². The molecule has 4 heteroatoms. The van der Waals surface area contributed by atoms with Crippen LogP contribution in [0.15, 0.2) is 18.2 Å². The van der Waals surface area contributed by atoms with Gasteiger partial charge in [0.15, 0.2) is 0 Å². The van der Waals surface area contributed by atoms with Gasteiger partial charge >= 0.3 is 0 Å². The Kier molecular flexibility index (Phi) is 3.74. The highest BCUT2D eigenvalue weighted by atomic mass is 19.1. The highest BCUT2D eigenvalue weighted by molar-refractivity contribution is 5.20. The molecule has 0 bridgehead atoms. The van der Waals surface area contributed by atoms with Crippen molar-refractivity contribution in [2.45, 2.75) is 25.4 Å². The van der Waals surface area contributed by atoms with Gasteiger partial charge in [0, 0.05) is 19.0 Å². The van der Waals surface area contributed by atoms with Crippen molar-refractivity contribution >= 4 is 0 Å². The monoisotopic (exact) mass is 217 g/mol. The van der Waals surface area contributed by atoms with Gasteiger partial charge in [0.05, 0.1) is 0 Å². The van der Waals surface area contributed by atoms with E-state index in [1.54, 1.807) is 6.92 Å². The maximum atomic E-state index is 13.8. The molecule has 0 aliphatic heterocycles. The summed E-state index contributed by atoms with van der Waals surface area (Å²) in [4.78, 5) is 0. The highest BCUT2D eigenvalue weighted by Gasteiger charge is 2.27. The van der Waals surface area contributed by atoms with E-state index in [0.29, 0.717) is 0 Å². The molecule has 84 valence electrons. The minimum atomic E-state index is -1.61. The van der Waals surface area contributed by atoms with E-state index in [1.165, 1.54) is 6.07 Å². The lowest BCUT2D eigenvalue weighted by atomic mass is 9.93. The van der Waals surface area contributed by atoms with Gasteiger partial charge < -0.3 is 5.73 Å². The van der Waals surface area contributed by atoms with Gasteiger partial charge in [0.25, 0.3) is 0 Å². The molecule has 1 aromatic carbocycles. The lowest BCUT2D eigenvalue weighted by Crippen LogP contribution is -2.34. The van der Waals surface area contributed by atoms with Gasteiger partial charge in [0.2, 0.25) is 0 Å². The van der Waals surface area contributed by atoms with E-state index in [0.717, 1.165) is 12.1 Å². The normalized spacial score (nSPS) is 15.0. The minimum Gasteiger partial charge on any atom is -0.328 e. The average Bonchev–Trinajstić information content (AvgIpc) is 2.22. The quantitative estimate of drug-likeness (QED) is 0.824. The van der Waals surface area contributed by atoms with Gasteiger partial charge in [0.1, 0.15) is 17.3 Å². The topological polar surface area (TPSA) is 26.0 Å². The van der Waals surface area contributed by atoms with Crippen molar-refractivity contribution in [1.29, 1.82) is 0 Å². The number of halogens is 3. The largest absolute Gasteiger partial charge is 0.328 e. The second-order valence-electron chi connectivity index (χ2n) is 3.62. The number of hydrogen-bond acceptors (Lipinski definition) is 1. The molecule has 0 radical (unpaired) electrons. The molecule has 1 aromatic rings. The predicted octanol–water partition coefficient (Wildman–Crippen LogP) is 2.58. The van der Waals surface area contributed by atoms with Crippen LogP contribution in [-0.2, 0) is 6.42 Å². The molecule has 0 saturated carbocycles. The van der Waals surface area contributed by atoms with Crippen LogP contribution in [0.5, 0.6) is 0 Å². The van der Waals surface area contributed by atoms with Crippen LogP contribution in [0.25, 0.3) is 0 Å². The molecular formula is C11H14F3N. The van der Waals surface area contributed by atoms with Crippen LogP contribution in [0, 0.1) is 11.6 Å². The van der Waals surface area contributed by atoms with Crippen molar-refractivity contribution in [3.8, 4) is 0 Å².